The van der Waals surface area contributed by atoms with Crippen LogP contribution in [0.3, 0.4) is 0 Å². The van der Waals surface area contributed by atoms with Gasteiger partial charge in [-0.15, -0.1) is 13.2 Å². The standard InChI is InChI=1S/C24H14F5N7O2/c25-15-6-4-13(9-17(15)36-23(37)12-3-5-16(26)18(8-12)38-24(27,28)29)35-21-14(2-1-7-30-21)19-20-22(33-10-31-19)34-11-32-20/h1-11H,(H,30,35)(H,36,37)(H,31,32,33,34). The van der Waals surface area contributed by atoms with Crippen LogP contribution in [-0.4, -0.2) is 37.2 Å². The molecule has 0 radical (unpaired) electrons. The second-order valence-electron chi connectivity index (χ2n) is 7.69. The van der Waals surface area contributed by atoms with Gasteiger partial charge in [0, 0.05) is 23.0 Å². The van der Waals surface area contributed by atoms with Crippen molar-refractivity contribution in [3.05, 3.63) is 84.6 Å². The first-order chi connectivity index (χ1) is 18.2. The summed E-state index contributed by atoms with van der Waals surface area (Å²) < 4.78 is 69.3. The van der Waals surface area contributed by atoms with Gasteiger partial charge < -0.3 is 20.4 Å². The van der Waals surface area contributed by atoms with E-state index in [1.165, 1.54) is 31.0 Å². The van der Waals surface area contributed by atoms with Crippen molar-refractivity contribution in [1.29, 1.82) is 0 Å². The Kier molecular flexibility index (Phi) is 6.28. The lowest BCUT2D eigenvalue weighted by Crippen LogP contribution is -2.19. The summed E-state index contributed by atoms with van der Waals surface area (Å²) in [5, 5.41) is 5.29. The Balaban J connectivity index is 1.41. The Morgan fingerprint density at radius 3 is 2.58 bits per heavy atom. The molecule has 3 heterocycles. The van der Waals surface area contributed by atoms with Gasteiger partial charge in [0.15, 0.2) is 17.2 Å². The number of fused-ring (bicyclic) bond motifs is 1. The van der Waals surface area contributed by atoms with E-state index in [0.717, 1.165) is 12.1 Å². The van der Waals surface area contributed by atoms with E-state index in [2.05, 4.69) is 40.3 Å². The number of aromatic nitrogens is 5. The minimum absolute atomic E-state index is 0.293. The van der Waals surface area contributed by atoms with Gasteiger partial charge in [0.05, 0.1) is 12.0 Å². The van der Waals surface area contributed by atoms with E-state index in [-0.39, 0.29) is 11.3 Å². The lowest BCUT2D eigenvalue weighted by Gasteiger charge is -2.14. The number of nitrogens with zero attached hydrogens (tertiary/aromatic N) is 4. The van der Waals surface area contributed by atoms with Crippen LogP contribution >= 0.6 is 0 Å². The maximum atomic E-state index is 14.5. The van der Waals surface area contributed by atoms with Gasteiger partial charge in [0.1, 0.15) is 29.2 Å². The number of hydrogen-bond acceptors (Lipinski definition) is 7. The number of H-pyrrole nitrogens is 1. The van der Waals surface area contributed by atoms with Crippen molar-refractivity contribution >= 4 is 34.3 Å². The number of hydrogen-bond donors (Lipinski definition) is 3. The summed E-state index contributed by atoms with van der Waals surface area (Å²) in [4.78, 5) is 32.4. The number of ether oxygens (including phenoxy) is 1. The number of carbonyl (C=O) groups excluding carboxylic acids is 1. The zero-order valence-electron chi connectivity index (χ0n) is 18.8. The van der Waals surface area contributed by atoms with Crippen LogP contribution in [0.1, 0.15) is 10.4 Å². The van der Waals surface area contributed by atoms with E-state index >= 15 is 0 Å². The molecule has 38 heavy (non-hydrogen) atoms. The molecule has 0 spiro atoms. The zero-order chi connectivity index (χ0) is 26.9. The predicted molar refractivity (Wildman–Crippen MR) is 126 cm³/mol. The maximum Gasteiger partial charge on any atom is 0.573 e. The van der Waals surface area contributed by atoms with Gasteiger partial charge in [0.2, 0.25) is 0 Å². The van der Waals surface area contributed by atoms with Gasteiger partial charge in [-0.2, -0.15) is 0 Å². The van der Waals surface area contributed by atoms with Gasteiger partial charge in [-0.1, -0.05) is 0 Å². The van der Waals surface area contributed by atoms with E-state index in [0.29, 0.717) is 46.1 Å². The van der Waals surface area contributed by atoms with Crippen molar-refractivity contribution in [2.24, 2.45) is 0 Å². The van der Waals surface area contributed by atoms with Crippen molar-refractivity contribution in [1.82, 2.24) is 24.9 Å². The van der Waals surface area contributed by atoms with Gasteiger partial charge in [-0.05, 0) is 48.5 Å². The monoisotopic (exact) mass is 527 g/mol. The topological polar surface area (TPSA) is 118 Å². The average Bonchev–Trinajstić information content (AvgIpc) is 3.36. The van der Waals surface area contributed by atoms with Crippen LogP contribution < -0.4 is 15.4 Å². The lowest BCUT2D eigenvalue weighted by atomic mass is 10.1. The number of imidazole rings is 1. The first-order valence-electron chi connectivity index (χ1n) is 10.7. The van der Waals surface area contributed by atoms with E-state index in [4.69, 9.17) is 0 Å². The Morgan fingerprint density at radius 1 is 0.947 bits per heavy atom. The summed E-state index contributed by atoms with van der Waals surface area (Å²) in [6.07, 6.45) is -0.818. The van der Waals surface area contributed by atoms with Crippen LogP contribution in [-0.2, 0) is 0 Å². The molecule has 0 atom stereocenters. The molecule has 9 nitrogen and oxygen atoms in total. The predicted octanol–water partition coefficient (Wildman–Crippen LogP) is 5.59. The van der Waals surface area contributed by atoms with Crippen LogP contribution in [0.5, 0.6) is 5.75 Å². The molecule has 0 unspecified atom stereocenters. The van der Waals surface area contributed by atoms with Gasteiger partial charge in [0.25, 0.3) is 5.91 Å². The van der Waals surface area contributed by atoms with Crippen LogP contribution in [0.4, 0.5) is 39.1 Å². The van der Waals surface area contributed by atoms with Crippen LogP contribution in [0.2, 0.25) is 0 Å². The fraction of sp³-hybridized carbons (Fsp3) is 0.0417. The Labute approximate surface area is 209 Å². The molecule has 0 fully saturated rings. The highest BCUT2D eigenvalue weighted by Crippen LogP contribution is 2.32. The van der Waals surface area contributed by atoms with E-state index < -0.39 is 29.7 Å². The number of amides is 1. The number of halogens is 5. The highest BCUT2D eigenvalue weighted by Gasteiger charge is 2.32. The molecule has 3 aromatic heterocycles. The Morgan fingerprint density at radius 2 is 1.76 bits per heavy atom. The average molecular weight is 527 g/mol. The highest BCUT2D eigenvalue weighted by molar-refractivity contribution is 6.05. The number of rotatable bonds is 6. The molecule has 5 aromatic rings. The number of carbonyl (C=O) groups is 1. The van der Waals surface area contributed by atoms with Crippen molar-refractivity contribution in [2.75, 3.05) is 10.6 Å². The molecule has 0 aliphatic carbocycles. The zero-order valence-corrected chi connectivity index (χ0v) is 18.8. The third-order valence-electron chi connectivity index (χ3n) is 5.18. The highest BCUT2D eigenvalue weighted by atomic mass is 19.4. The van der Waals surface area contributed by atoms with Crippen molar-refractivity contribution in [3.63, 3.8) is 0 Å². The molecule has 5 rings (SSSR count). The summed E-state index contributed by atoms with van der Waals surface area (Å²) in [5.74, 6) is -3.99. The quantitative estimate of drug-likeness (QED) is 0.247. The summed E-state index contributed by atoms with van der Waals surface area (Å²) in [6.45, 7) is 0. The Hall–Kier alpha value is -5.14. The molecule has 0 aliphatic heterocycles. The molecule has 0 aliphatic rings. The normalized spacial score (nSPS) is 11.4. The number of benzene rings is 2. The van der Waals surface area contributed by atoms with Gasteiger partial charge in [-0.25, -0.2) is 28.7 Å². The van der Waals surface area contributed by atoms with Gasteiger partial charge >= 0.3 is 6.36 Å². The second-order valence-corrected chi connectivity index (χ2v) is 7.69. The molecule has 0 saturated heterocycles. The fourth-order valence-corrected chi connectivity index (χ4v) is 3.54. The summed E-state index contributed by atoms with van der Waals surface area (Å²) in [5.41, 5.74) is 1.73. The first-order valence-corrected chi connectivity index (χ1v) is 10.7. The number of alkyl halides is 3. The molecule has 3 N–H and O–H groups in total. The molecule has 14 heteroatoms. The number of anilines is 3. The van der Waals surface area contributed by atoms with Crippen LogP contribution in [0.15, 0.2) is 67.4 Å². The third-order valence-corrected chi connectivity index (χ3v) is 5.18. The summed E-state index contributed by atoms with van der Waals surface area (Å²) in [6, 6.07) is 9.30. The number of nitrogens with one attached hydrogen (secondary N) is 3. The van der Waals surface area contributed by atoms with Crippen LogP contribution in [0, 0.1) is 11.6 Å². The molecule has 192 valence electrons. The Bertz CT molecular complexity index is 1660. The molecule has 0 saturated carbocycles. The minimum atomic E-state index is -5.17. The first kappa shape index (κ1) is 24.5. The van der Waals surface area contributed by atoms with Gasteiger partial charge in [-0.3, -0.25) is 4.79 Å². The van der Waals surface area contributed by atoms with Crippen molar-refractivity contribution in [2.45, 2.75) is 6.36 Å². The molecular weight excluding hydrogens is 513 g/mol. The van der Waals surface area contributed by atoms with Crippen LogP contribution in [0.25, 0.3) is 22.4 Å². The van der Waals surface area contributed by atoms with E-state index in [1.54, 1.807) is 12.1 Å². The molecule has 2 aromatic carbocycles. The number of pyridine rings is 1. The van der Waals surface area contributed by atoms with Crippen molar-refractivity contribution in [3.8, 4) is 17.0 Å². The maximum absolute atomic E-state index is 14.5. The molecular formula is C24H14F5N7O2. The third kappa shape index (κ3) is 5.18. The SMILES string of the molecule is O=C(Nc1cc(Nc2ncccc2-c2ncnc3nc[nH]c23)ccc1F)c1ccc(F)c(OC(F)(F)F)c1. The largest absolute Gasteiger partial charge is 0.573 e. The molecule has 1 amide bonds. The van der Waals surface area contributed by atoms with Crippen molar-refractivity contribution < 1.29 is 31.5 Å². The fourth-order valence-electron chi connectivity index (χ4n) is 3.54. The summed E-state index contributed by atoms with van der Waals surface area (Å²) >= 11 is 0. The van der Waals surface area contributed by atoms with E-state index in [1.807, 2.05) is 0 Å². The smallest absolute Gasteiger partial charge is 0.403 e. The minimum Gasteiger partial charge on any atom is -0.403 e. The lowest BCUT2D eigenvalue weighted by molar-refractivity contribution is -0.275. The van der Waals surface area contributed by atoms with E-state index in [9.17, 15) is 26.7 Å². The second kappa shape index (κ2) is 9.72. The number of aromatic amines is 1. The molecule has 0 bridgehead atoms. The summed E-state index contributed by atoms with van der Waals surface area (Å²) in [7, 11) is 0.